The van der Waals surface area contributed by atoms with Crippen LogP contribution in [-0.4, -0.2) is 21.1 Å². The molecule has 1 aromatic carbocycles. The van der Waals surface area contributed by atoms with Crippen LogP contribution in [-0.2, 0) is 0 Å². The van der Waals surface area contributed by atoms with Crippen molar-refractivity contribution in [2.75, 3.05) is 26.0 Å². The molecule has 0 fully saturated rings. The van der Waals surface area contributed by atoms with Crippen molar-refractivity contribution >= 4 is 5.69 Å². The molecule has 0 aliphatic rings. The maximum atomic E-state index is 5.42. The van der Waals surface area contributed by atoms with Crippen molar-refractivity contribution in [3.63, 3.8) is 0 Å². The van der Waals surface area contributed by atoms with Crippen LogP contribution >= 0.6 is 0 Å². The van der Waals surface area contributed by atoms with Gasteiger partial charge in [0.2, 0.25) is 0 Å². The molecular weight excluding hydrogens is 172 g/mol. The van der Waals surface area contributed by atoms with Gasteiger partial charge in [-0.2, -0.15) is 0 Å². The zero-order valence-electron chi connectivity index (χ0n) is 8.91. The molecule has 1 atom stereocenters. The average Bonchev–Trinajstić information content (AvgIpc) is 2.20. The van der Waals surface area contributed by atoms with E-state index in [2.05, 4.69) is 28.3 Å². The molecule has 1 rings (SSSR count). The van der Waals surface area contributed by atoms with Crippen LogP contribution < -0.4 is 10.2 Å². The minimum absolute atomic E-state index is 0.00472. The van der Waals surface area contributed by atoms with E-state index < -0.39 is 0 Å². The molecule has 1 unspecified atom stereocenters. The van der Waals surface area contributed by atoms with Gasteiger partial charge in [0.1, 0.15) is 0 Å². The Balaban J connectivity index is 3.00. The van der Waals surface area contributed by atoms with E-state index in [1.165, 1.54) is 0 Å². The number of anilines is 1. The molecule has 74 valence electrons. The standard InChI is InChI=1S/C12H16N2/c1-5-12(13-2)10-7-6-8-11(9-10)14(3)4/h1,6-9,12-13H,2-4H3. The van der Waals surface area contributed by atoms with Crippen molar-refractivity contribution in [3.8, 4) is 12.3 Å². The van der Waals surface area contributed by atoms with Crippen LogP contribution in [0, 0.1) is 12.3 Å². The van der Waals surface area contributed by atoms with E-state index in [0.717, 1.165) is 11.3 Å². The van der Waals surface area contributed by atoms with Gasteiger partial charge in [0.15, 0.2) is 0 Å². The lowest BCUT2D eigenvalue weighted by Crippen LogP contribution is -2.15. The maximum absolute atomic E-state index is 5.42. The van der Waals surface area contributed by atoms with Crippen LogP contribution in [0.4, 0.5) is 5.69 Å². The molecular formula is C12H16N2. The van der Waals surface area contributed by atoms with Crippen molar-refractivity contribution in [1.29, 1.82) is 0 Å². The molecule has 0 heterocycles. The topological polar surface area (TPSA) is 15.3 Å². The lowest BCUT2D eigenvalue weighted by Gasteiger charge is -2.16. The molecule has 1 N–H and O–H groups in total. The molecule has 2 nitrogen and oxygen atoms in total. The van der Waals surface area contributed by atoms with Gasteiger partial charge < -0.3 is 10.2 Å². The number of nitrogens with zero attached hydrogens (tertiary/aromatic N) is 1. The molecule has 0 saturated carbocycles. The summed E-state index contributed by atoms with van der Waals surface area (Å²) in [5.74, 6) is 2.70. The summed E-state index contributed by atoms with van der Waals surface area (Å²) in [6.45, 7) is 0. The summed E-state index contributed by atoms with van der Waals surface area (Å²) in [5, 5.41) is 3.08. The Bertz CT molecular complexity index is 336. The Morgan fingerprint density at radius 3 is 2.64 bits per heavy atom. The summed E-state index contributed by atoms with van der Waals surface area (Å²) in [4.78, 5) is 2.06. The smallest absolute Gasteiger partial charge is 0.0941 e. The average molecular weight is 188 g/mol. The fourth-order valence-corrected chi connectivity index (χ4v) is 1.33. The molecule has 0 aliphatic carbocycles. The number of benzene rings is 1. The highest BCUT2D eigenvalue weighted by molar-refractivity contribution is 5.48. The van der Waals surface area contributed by atoms with Gasteiger partial charge in [0.05, 0.1) is 6.04 Å². The first-order valence-electron chi connectivity index (χ1n) is 4.59. The van der Waals surface area contributed by atoms with Gasteiger partial charge in [-0.25, -0.2) is 0 Å². The van der Waals surface area contributed by atoms with Crippen molar-refractivity contribution in [2.45, 2.75) is 6.04 Å². The third-order valence-electron chi connectivity index (χ3n) is 2.18. The van der Waals surface area contributed by atoms with Crippen LogP contribution in [0.3, 0.4) is 0 Å². The fraction of sp³-hybridized carbons (Fsp3) is 0.333. The zero-order chi connectivity index (χ0) is 10.6. The largest absolute Gasteiger partial charge is 0.378 e. The van der Waals surface area contributed by atoms with Gasteiger partial charge in [-0.3, -0.25) is 0 Å². The molecule has 14 heavy (non-hydrogen) atoms. The summed E-state index contributed by atoms with van der Waals surface area (Å²) in [6.07, 6.45) is 5.42. The van der Waals surface area contributed by atoms with Gasteiger partial charge in [-0.15, -0.1) is 6.42 Å². The summed E-state index contributed by atoms with van der Waals surface area (Å²) in [6, 6.07) is 8.21. The third kappa shape index (κ3) is 2.27. The lowest BCUT2D eigenvalue weighted by molar-refractivity contribution is 0.736. The van der Waals surface area contributed by atoms with Gasteiger partial charge in [-0.1, -0.05) is 18.1 Å². The molecule has 1 aromatic rings. The summed E-state index contributed by atoms with van der Waals surface area (Å²) in [5.41, 5.74) is 2.29. The Kier molecular flexibility index (Phi) is 3.55. The van der Waals surface area contributed by atoms with Gasteiger partial charge in [0, 0.05) is 19.8 Å². The van der Waals surface area contributed by atoms with Gasteiger partial charge in [-0.05, 0) is 24.7 Å². The summed E-state index contributed by atoms with van der Waals surface area (Å²) in [7, 11) is 5.90. The lowest BCUT2D eigenvalue weighted by atomic mass is 10.1. The molecule has 0 saturated heterocycles. The SMILES string of the molecule is C#CC(NC)c1cccc(N(C)C)c1. The molecule has 0 spiro atoms. The molecule has 0 radical (unpaired) electrons. The second-order valence-electron chi connectivity index (χ2n) is 3.38. The van der Waals surface area contributed by atoms with Crippen molar-refractivity contribution in [3.05, 3.63) is 29.8 Å². The minimum atomic E-state index is -0.00472. The van der Waals surface area contributed by atoms with E-state index in [4.69, 9.17) is 6.42 Å². The first kappa shape index (κ1) is 10.6. The quantitative estimate of drug-likeness (QED) is 0.725. The number of hydrogen-bond donors (Lipinski definition) is 1. The van der Waals surface area contributed by atoms with Gasteiger partial charge in [0.25, 0.3) is 0 Å². The number of rotatable bonds is 3. The van der Waals surface area contributed by atoms with Crippen LogP contribution in [0.15, 0.2) is 24.3 Å². The predicted octanol–water partition coefficient (Wildman–Crippen LogP) is 1.65. The Hall–Kier alpha value is -1.46. The Morgan fingerprint density at radius 2 is 2.14 bits per heavy atom. The molecule has 0 amide bonds. The first-order chi connectivity index (χ1) is 6.69. The van der Waals surface area contributed by atoms with Crippen LogP contribution in [0.25, 0.3) is 0 Å². The van der Waals surface area contributed by atoms with Crippen molar-refractivity contribution in [1.82, 2.24) is 5.32 Å². The van der Waals surface area contributed by atoms with Crippen LogP contribution in [0.2, 0.25) is 0 Å². The van der Waals surface area contributed by atoms with Crippen LogP contribution in [0.5, 0.6) is 0 Å². The van der Waals surface area contributed by atoms with Crippen LogP contribution in [0.1, 0.15) is 11.6 Å². The molecule has 0 aromatic heterocycles. The minimum Gasteiger partial charge on any atom is -0.378 e. The van der Waals surface area contributed by atoms with E-state index in [1.54, 1.807) is 0 Å². The second-order valence-corrected chi connectivity index (χ2v) is 3.38. The van der Waals surface area contributed by atoms with E-state index in [9.17, 15) is 0 Å². The zero-order valence-corrected chi connectivity index (χ0v) is 8.91. The third-order valence-corrected chi connectivity index (χ3v) is 2.18. The molecule has 2 heteroatoms. The Labute approximate surface area is 85.9 Å². The monoisotopic (exact) mass is 188 g/mol. The highest BCUT2D eigenvalue weighted by Crippen LogP contribution is 2.18. The highest BCUT2D eigenvalue weighted by Gasteiger charge is 2.05. The van der Waals surface area contributed by atoms with E-state index in [1.807, 2.05) is 33.3 Å². The first-order valence-corrected chi connectivity index (χ1v) is 4.59. The van der Waals surface area contributed by atoms with Crippen molar-refractivity contribution in [2.24, 2.45) is 0 Å². The Morgan fingerprint density at radius 1 is 1.43 bits per heavy atom. The number of terminal acetylenes is 1. The number of nitrogens with one attached hydrogen (secondary N) is 1. The fourth-order valence-electron chi connectivity index (χ4n) is 1.33. The predicted molar refractivity (Wildman–Crippen MR) is 61.4 cm³/mol. The van der Waals surface area contributed by atoms with E-state index in [-0.39, 0.29) is 6.04 Å². The molecule has 0 aliphatic heterocycles. The van der Waals surface area contributed by atoms with E-state index in [0.29, 0.717) is 0 Å². The van der Waals surface area contributed by atoms with Gasteiger partial charge >= 0.3 is 0 Å². The van der Waals surface area contributed by atoms with E-state index >= 15 is 0 Å². The highest BCUT2D eigenvalue weighted by atomic mass is 15.1. The van der Waals surface area contributed by atoms with Crippen molar-refractivity contribution < 1.29 is 0 Å². The number of hydrogen-bond acceptors (Lipinski definition) is 2. The summed E-state index contributed by atoms with van der Waals surface area (Å²) >= 11 is 0. The second kappa shape index (κ2) is 4.69. The maximum Gasteiger partial charge on any atom is 0.0941 e. The normalized spacial score (nSPS) is 11.9. The summed E-state index contributed by atoms with van der Waals surface area (Å²) < 4.78 is 0. The molecule has 0 bridgehead atoms.